The number of aliphatic hydroxyl groups excluding tert-OH is 1. The number of nitrogens with zero attached hydrogens (tertiary/aromatic N) is 1. The zero-order valence-electron chi connectivity index (χ0n) is 6.65. The number of hydrogen-bond donors (Lipinski definition) is 1. The zero-order valence-corrected chi connectivity index (χ0v) is 6.65. The third kappa shape index (κ3) is 1.10. The Morgan fingerprint density at radius 1 is 1.50 bits per heavy atom. The van der Waals surface area contributed by atoms with E-state index in [9.17, 15) is 5.11 Å². The number of pyridine rings is 1. The Bertz CT molecular complexity index is 298. The maximum atomic E-state index is 9.20. The molecule has 1 N–H and O–H groups in total. The summed E-state index contributed by atoms with van der Waals surface area (Å²) in [5.74, 6) is 1.10. The molecule has 0 spiro atoms. The average Bonchev–Trinajstić information content (AvgIpc) is 2.49. The van der Waals surface area contributed by atoms with E-state index in [1.54, 1.807) is 19.1 Å². The molecular formula is C8H9NO3. The highest BCUT2D eigenvalue weighted by Gasteiger charge is 2.16. The van der Waals surface area contributed by atoms with Crippen LogP contribution in [-0.2, 0) is 0 Å². The fraction of sp³-hybridized carbons (Fsp3) is 0.375. The van der Waals surface area contributed by atoms with Gasteiger partial charge in [0.1, 0.15) is 0 Å². The smallest absolute Gasteiger partial charge is 0.260 e. The molecule has 1 aliphatic heterocycles. The maximum absolute atomic E-state index is 9.20. The summed E-state index contributed by atoms with van der Waals surface area (Å²) in [6.45, 7) is 1.87. The second kappa shape index (κ2) is 2.64. The van der Waals surface area contributed by atoms with E-state index in [0.29, 0.717) is 17.3 Å². The van der Waals surface area contributed by atoms with Gasteiger partial charge >= 0.3 is 0 Å². The molecule has 1 atom stereocenters. The number of aliphatic hydroxyl groups is 1. The molecule has 0 saturated carbocycles. The molecule has 0 radical (unpaired) electrons. The molecule has 4 nitrogen and oxygen atoms in total. The van der Waals surface area contributed by atoms with E-state index in [4.69, 9.17) is 9.47 Å². The number of aromatic nitrogens is 1. The minimum atomic E-state index is -0.570. The van der Waals surface area contributed by atoms with Crippen molar-refractivity contribution in [2.45, 2.75) is 13.0 Å². The number of rotatable bonds is 1. The first-order valence-corrected chi connectivity index (χ1v) is 3.72. The van der Waals surface area contributed by atoms with Crippen molar-refractivity contribution in [1.29, 1.82) is 0 Å². The topological polar surface area (TPSA) is 51.6 Å². The normalized spacial score (nSPS) is 16.2. The van der Waals surface area contributed by atoms with Gasteiger partial charge in [-0.2, -0.15) is 0 Å². The van der Waals surface area contributed by atoms with Gasteiger partial charge in [-0.3, -0.25) is 0 Å². The van der Waals surface area contributed by atoms with E-state index in [0.717, 1.165) is 0 Å². The van der Waals surface area contributed by atoms with Crippen molar-refractivity contribution < 1.29 is 14.6 Å². The van der Waals surface area contributed by atoms with Gasteiger partial charge in [0.05, 0.1) is 11.8 Å². The van der Waals surface area contributed by atoms with Gasteiger partial charge in [-0.05, 0) is 19.1 Å². The largest absolute Gasteiger partial charge is 0.452 e. The Labute approximate surface area is 69.8 Å². The van der Waals surface area contributed by atoms with E-state index < -0.39 is 6.10 Å². The van der Waals surface area contributed by atoms with Crippen LogP contribution in [0.1, 0.15) is 18.7 Å². The Morgan fingerprint density at radius 3 is 3.08 bits per heavy atom. The van der Waals surface area contributed by atoms with Crippen LogP contribution >= 0.6 is 0 Å². The van der Waals surface area contributed by atoms with Crippen molar-refractivity contribution in [1.82, 2.24) is 4.98 Å². The average molecular weight is 167 g/mol. The molecule has 1 unspecified atom stereocenters. The summed E-state index contributed by atoms with van der Waals surface area (Å²) >= 11 is 0. The number of ether oxygens (including phenoxy) is 2. The van der Waals surface area contributed by atoms with Crippen molar-refractivity contribution in [3.05, 3.63) is 17.8 Å². The van der Waals surface area contributed by atoms with Crippen molar-refractivity contribution >= 4 is 0 Å². The van der Waals surface area contributed by atoms with Gasteiger partial charge in [-0.1, -0.05) is 0 Å². The van der Waals surface area contributed by atoms with Crippen LogP contribution in [0.2, 0.25) is 0 Å². The summed E-state index contributed by atoms with van der Waals surface area (Å²) in [6.07, 6.45) is -0.570. The third-order valence-corrected chi connectivity index (χ3v) is 1.69. The van der Waals surface area contributed by atoms with E-state index >= 15 is 0 Å². The fourth-order valence-electron chi connectivity index (χ4n) is 1.04. The molecule has 4 heteroatoms. The van der Waals surface area contributed by atoms with Gasteiger partial charge in [0, 0.05) is 0 Å². The second-order valence-electron chi connectivity index (χ2n) is 2.62. The Kier molecular flexibility index (Phi) is 1.62. The summed E-state index contributed by atoms with van der Waals surface area (Å²) in [5.41, 5.74) is 0.597. The van der Waals surface area contributed by atoms with E-state index in [1.165, 1.54) is 0 Å². The maximum Gasteiger partial charge on any atom is 0.260 e. The Balaban J connectivity index is 2.39. The Morgan fingerprint density at radius 2 is 2.33 bits per heavy atom. The molecule has 1 aromatic heterocycles. The summed E-state index contributed by atoms with van der Waals surface area (Å²) in [6, 6.07) is 3.47. The van der Waals surface area contributed by atoms with Gasteiger partial charge < -0.3 is 14.6 Å². The highest BCUT2D eigenvalue weighted by Crippen LogP contribution is 2.30. The summed E-state index contributed by atoms with van der Waals surface area (Å²) in [5, 5.41) is 9.20. The molecule has 0 bridgehead atoms. The molecule has 0 saturated heterocycles. The zero-order chi connectivity index (χ0) is 8.55. The molecule has 0 fully saturated rings. The van der Waals surface area contributed by atoms with Gasteiger partial charge in [0.25, 0.3) is 5.88 Å². The molecular weight excluding hydrogens is 158 g/mol. The van der Waals surface area contributed by atoms with Crippen LogP contribution in [0.25, 0.3) is 0 Å². The lowest BCUT2D eigenvalue weighted by atomic mass is 10.2. The van der Waals surface area contributed by atoms with E-state index in [2.05, 4.69) is 4.98 Å². The lowest BCUT2D eigenvalue weighted by Gasteiger charge is -2.03. The van der Waals surface area contributed by atoms with Gasteiger partial charge in [0.2, 0.25) is 6.79 Å². The molecule has 0 aliphatic carbocycles. The minimum absolute atomic E-state index is 0.214. The third-order valence-electron chi connectivity index (χ3n) is 1.69. The van der Waals surface area contributed by atoms with Crippen molar-refractivity contribution in [2.75, 3.05) is 6.79 Å². The first-order valence-electron chi connectivity index (χ1n) is 3.72. The summed E-state index contributed by atoms with van der Waals surface area (Å²) in [7, 11) is 0. The summed E-state index contributed by atoms with van der Waals surface area (Å²) in [4.78, 5) is 4.06. The predicted octanol–water partition coefficient (Wildman–Crippen LogP) is 0.864. The molecule has 2 rings (SSSR count). The highest BCUT2D eigenvalue weighted by atomic mass is 16.7. The standard InChI is InChI=1S/C8H9NO3/c1-5(10)6-2-3-7-8(9-6)12-4-11-7/h2-3,5,10H,4H2,1H3. The molecule has 0 amide bonds. The van der Waals surface area contributed by atoms with Crippen LogP contribution < -0.4 is 9.47 Å². The van der Waals surface area contributed by atoms with Crippen molar-refractivity contribution in [3.63, 3.8) is 0 Å². The molecule has 64 valence electrons. The van der Waals surface area contributed by atoms with Gasteiger partial charge in [-0.15, -0.1) is 0 Å². The first-order chi connectivity index (χ1) is 5.77. The van der Waals surface area contributed by atoms with Crippen LogP contribution in [0.4, 0.5) is 0 Å². The van der Waals surface area contributed by atoms with Gasteiger partial charge in [-0.25, -0.2) is 4.98 Å². The fourth-order valence-corrected chi connectivity index (χ4v) is 1.04. The lowest BCUT2D eigenvalue weighted by Crippen LogP contribution is -1.96. The van der Waals surface area contributed by atoms with Crippen LogP contribution in [0.3, 0.4) is 0 Å². The van der Waals surface area contributed by atoms with E-state index in [-0.39, 0.29) is 6.79 Å². The molecule has 1 aliphatic rings. The molecule has 0 aromatic carbocycles. The molecule has 2 heterocycles. The van der Waals surface area contributed by atoms with Crippen LogP contribution in [0, 0.1) is 0 Å². The highest BCUT2D eigenvalue weighted by molar-refractivity contribution is 5.36. The number of fused-ring (bicyclic) bond motifs is 1. The van der Waals surface area contributed by atoms with Crippen molar-refractivity contribution in [2.24, 2.45) is 0 Å². The van der Waals surface area contributed by atoms with Gasteiger partial charge in [0.15, 0.2) is 5.75 Å². The SMILES string of the molecule is CC(O)c1ccc2c(n1)OCO2. The summed E-state index contributed by atoms with van der Waals surface area (Å²) < 4.78 is 10.1. The predicted molar refractivity (Wildman–Crippen MR) is 41.0 cm³/mol. The molecule has 12 heavy (non-hydrogen) atoms. The monoisotopic (exact) mass is 167 g/mol. The van der Waals surface area contributed by atoms with Crippen molar-refractivity contribution in [3.8, 4) is 11.6 Å². The molecule has 1 aromatic rings. The van der Waals surface area contributed by atoms with Crippen LogP contribution in [0.5, 0.6) is 11.6 Å². The van der Waals surface area contributed by atoms with Crippen LogP contribution in [-0.4, -0.2) is 16.9 Å². The second-order valence-corrected chi connectivity index (χ2v) is 2.62. The minimum Gasteiger partial charge on any atom is -0.452 e. The van der Waals surface area contributed by atoms with Crippen LogP contribution in [0.15, 0.2) is 12.1 Å². The van der Waals surface area contributed by atoms with E-state index in [1.807, 2.05) is 0 Å². The lowest BCUT2D eigenvalue weighted by molar-refractivity contribution is 0.168. The number of hydrogen-bond acceptors (Lipinski definition) is 4. The Hall–Kier alpha value is -1.29. The quantitative estimate of drug-likeness (QED) is 0.674. The first kappa shape index (κ1) is 7.36.